The van der Waals surface area contributed by atoms with E-state index < -0.39 is 6.04 Å². The fourth-order valence-electron chi connectivity index (χ4n) is 2.26. The number of aromatic nitrogens is 4. The number of carbonyl (C=O) groups is 1. The average Bonchev–Trinajstić information content (AvgIpc) is 3.13. The van der Waals surface area contributed by atoms with Crippen LogP contribution in [0, 0.1) is 0 Å². The molecule has 0 saturated heterocycles. The number of thiophene rings is 1. The largest absolute Gasteiger partial charge is 0.336 e. The Labute approximate surface area is 135 Å². The molecule has 0 aliphatic heterocycles. The summed E-state index contributed by atoms with van der Waals surface area (Å²) < 4.78 is 1.62. The summed E-state index contributed by atoms with van der Waals surface area (Å²) >= 11 is 1.65. The number of hydrogen-bond acceptors (Lipinski definition) is 5. The third kappa shape index (κ3) is 3.19. The van der Waals surface area contributed by atoms with Crippen LogP contribution in [0.15, 0.2) is 17.5 Å². The van der Waals surface area contributed by atoms with Gasteiger partial charge >= 0.3 is 0 Å². The topological polar surface area (TPSA) is 63.9 Å². The highest BCUT2D eigenvalue weighted by Gasteiger charge is 2.30. The van der Waals surface area contributed by atoms with Gasteiger partial charge in [0.2, 0.25) is 5.91 Å². The molecule has 0 bridgehead atoms. The lowest BCUT2D eigenvalue weighted by Gasteiger charge is -2.28. The van der Waals surface area contributed by atoms with Gasteiger partial charge in [0.15, 0.2) is 5.82 Å². The predicted octanol–water partition coefficient (Wildman–Crippen LogP) is 2.81. The third-order valence-corrected chi connectivity index (χ3v) is 4.81. The van der Waals surface area contributed by atoms with Crippen molar-refractivity contribution < 1.29 is 4.79 Å². The highest BCUT2D eigenvalue weighted by atomic mass is 32.1. The van der Waals surface area contributed by atoms with Crippen molar-refractivity contribution in [1.29, 1.82) is 0 Å². The number of tetrazole rings is 1. The van der Waals surface area contributed by atoms with Gasteiger partial charge in [-0.25, -0.2) is 4.68 Å². The van der Waals surface area contributed by atoms with Crippen LogP contribution in [0.3, 0.4) is 0 Å². The molecule has 0 fully saturated rings. The van der Waals surface area contributed by atoms with Crippen LogP contribution in [0.2, 0.25) is 0 Å². The molecule has 1 amide bonds. The summed E-state index contributed by atoms with van der Waals surface area (Å²) in [5, 5.41) is 13.9. The SMILES string of the molecule is CC(c1cccs1)N(C)C(=O)C(C)n1nnnc1C(C)(C)C. The van der Waals surface area contributed by atoms with Crippen molar-refractivity contribution in [2.75, 3.05) is 7.05 Å². The Morgan fingerprint density at radius 1 is 1.36 bits per heavy atom. The van der Waals surface area contributed by atoms with Crippen LogP contribution in [-0.4, -0.2) is 38.1 Å². The minimum Gasteiger partial charge on any atom is -0.336 e. The smallest absolute Gasteiger partial charge is 0.247 e. The molecule has 6 nitrogen and oxygen atoms in total. The molecular weight excluding hydrogens is 298 g/mol. The molecule has 0 aliphatic rings. The van der Waals surface area contributed by atoms with Gasteiger partial charge in [0.1, 0.15) is 6.04 Å². The molecule has 2 aromatic rings. The molecule has 0 aliphatic carbocycles. The number of carbonyl (C=O) groups excluding carboxylic acids is 1. The lowest BCUT2D eigenvalue weighted by molar-refractivity contribution is -0.135. The molecule has 0 radical (unpaired) electrons. The van der Waals surface area contributed by atoms with Crippen molar-refractivity contribution >= 4 is 17.2 Å². The summed E-state index contributed by atoms with van der Waals surface area (Å²) in [5.74, 6) is 0.712. The van der Waals surface area contributed by atoms with Crippen LogP contribution in [0.1, 0.15) is 57.4 Å². The van der Waals surface area contributed by atoms with E-state index in [1.807, 2.05) is 59.2 Å². The molecule has 2 rings (SSSR count). The van der Waals surface area contributed by atoms with Gasteiger partial charge in [0.05, 0.1) is 6.04 Å². The van der Waals surface area contributed by atoms with E-state index in [1.165, 1.54) is 0 Å². The second kappa shape index (κ2) is 6.16. The van der Waals surface area contributed by atoms with E-state index in [4.69, 9.17) is 0 Å². The Balaban J connectivity index is 2.21. The summed E-state index contributed by atoms with van der Waals surface area (Å²) in [5.41, 5.74) is -0.212. The minimum absolute atomic E-state index is 0.00120. The van der Waals surface area contributed by atoms with Crippen molar-refractivity contribution in [3.63, 3.8) is 0 Å². The highest BCUT2D eigenvalue weighted by Crippen LogP contribution is 2.27. The highest BCUT2D eigenvalue weighted by molar-refractivity contribution is 7.10. The Hall–Kier alpha value is -1.76. The van der Waals surface area contributed by atoms with Gasteiger partial charge < -0.3 is 4.90 Å². The van der Waals surface area contributed by atoms with Gasteiger partial charge in [-0.3, -0.25) is 4.79 Å². The Bertz CT molecular complexity index is 629. The fraction of sp³-hybridized carbons (Fsp3) is 0.600. The fourth-order valence-corrected chi connectivity index (χ4v) is 3.08. The second-order valence-corrected chi connectivity index (χ2v) is 7.49. The zero-order chi connectivity index (χ0) is 16.5. The van der Waals surface area contributed by atoms with E-state index in [0.717, 1.165) is 4.88 Å². The van der Waals surface area contributed by atoms with Crippen LogP contribution in [0.4, 0.5) is 0 Å². The summed E-state index contributed by atoms with van der Waals surface area (Å²) in [6.45, 7) is 9.96. The number of nitrogens with zero attached hydrogens (tertiary/aromatic N) is 5. The maximum atomic E-state index is 12.8. The van der Waals surface area contributed by atoms with Gasteiger partial charge in [0, 0.05) is 17.3 Å². The van der Waals surface area contributed by atoms with Crippen molar-refractivity contribution in [2.45, 2.75) is 52.1 Å². The minimum atomic E-state index is -0.434. The summed E-state index contributed by atoms with van der Waals surface area (Å²) in [7, 11) is 1.82. The number of likely N-dealkylation sites (N-methyl/N-ethyl adjacent to an activating group) is 1. The van der Waals surface area contributed by atoms with Crippen LogP contribution < -0.4 is 0 Å². The third-order valence-electron chi connectivity index (χ3n) is 3.77. The molecule has 2 unspecified atom stereocenters. The van der Waals surface area contributed by atoms with Crippen molar-refractivity contribution in [2.24, 2.45) is 0 Å². The molecule has 0 saturated carbocycles. The van der Waals surface area contributed by atoms with Gasteiger partial charge in [-0.15, -0.1) is 16.4 Å². The van der Waals surface area contributed by atoms with Crippen LogP contribution >= 0.6 is 11.3 Å². The van der Waals surface area contributed by atoms with Crippen molar-refractivity contribution in [3.05, 3.63) is 28.2 Å². The zero-order valence-corrected chi connectivity index (χ0v) is 14.8. The predicted molar refractivity (Wildman–Crippen MR) is 86.7 cm³/mol. The molecule has 7 heteroatoms. The van der Waals surface area contributed by atoms with Gasteiger partial charge in [-0.05, 0) is 35.7 Å². The quantitative estimate of drug-likeness (QED) is 0.868. The van der Waals surface area contributed by atoms with Gasteiger partial charge in [0.25, 0.3) is 0 Å². The van der Waals surface area contributed by atoms with Crippen molar-refractivity contribution in [1.82, 2.24) is 25.1 Å². The normalized spacial score (nSPS) is 14.6. The standard InChI is InChI=1S/C15H23N5OS/c1-10(12-8-7-9-22-12)19(6)13(21)11(2)20-14(15(3,4)5)16-17-18-20/h7-11H,1-6H3. The van der Waals surface area contributed by atoms with E-state index in [1.54, 1.807) is 20.9 Å². The first-order valence-corrected chi connectivity index (χ1v) is 8.20. The van der Waals surface area contributed by atoms with E-state index in [0.29, 0.717) is 5.82 Å². The van der Waals surface area contributed by atoms with E-state index >= 15 is 0 Å². The lowest BCUT2D eigenvalue weighted by atomic mass is 9.95. The molecule has 0 N–H and O–H groups in total. The van der Waals surface area contributed by atoms with E-state index in [2.05, 4.69) is 15.5 Å². The van der Waals surface area contributed by atoms with E-state index in [9.17, 15) is 4.79 Å². The van der Waals surface area contributed by atoms with Crippen LogP contribution in [0.25, 0.3) is 0 Å². The summed E-state index contributed by atoms with van der Waals surface area (Å²) in [6.07, 6.45) is 0. The molecule has 0 spiro atoms. The molecule has 2 heterocycles. The lowest BCUT2D eigenvalue weighted by Crippen LogP contribution is -2.36. The molecule has 22 heavy (non-hydrogen) atoms. The van der Waals surface area contributed by atoms with Crippen LogP contribution in [-0.2, 0) is 10.2 Å². The number of hydrogen-bond donors (Lipinski definition) is 0. The van der Waals surface area contributed by atoms with Gasteiger partial charge in [-0.1, -0.05) is 26.8 Å². The van der Waals surface area contributed by atoms with Gasteiger partial charge in [-0.2, -0.15) is 0 Å². The average molecular weight is 321 g/mol. The molecule has 2 atom stereocenters. The van der Waals surface area contributed by atoms with Crippen molar-refractivity contribution in [3.8, 4) is 0 Å². The first-order chi connectivity index (χ1) is 10.2. The Morgan fingerprint density at radius 3 is 2.59 bits per heavy atom. The zero-order valence-electron chi connectivity index (χ0n) is 13.9. The van der Waals surface area contributed by atoms with Crippen LogP contribution in [0.5, 0.6) is 0 Å². The Morgan fingerprint density at radius 2 is 2.05 bits per heavy atom. The number of rotatable bonds is 4. The summed E-state index contributed by atoms with van der Waals surface area (Å²) in [6, 6.07) is 3.64. The molecule has 120 valence electrons. The maximum absolute atomic E-state index is 12.8. The summed E-state index contributed by atoms with van der Waals surface area (Å²) in [4.78, 5) is 15.7. The number of amides is 1. The maximum Gasteiger partial charge on any atom is 0.247 e. The molecule has 0 aromatic carbocycles. The first-order valence-electron chi connectivity index (χ1n) is 7.32. The molecule has 2 aromatic heterocycles. The first kappa shape index (κ1) is 16.6. The Kier molecular flexibility index (Phi) is 4.65. The van der Waals surface area contributed by atoms with E-state index in [-0.39, 0.29) is 17.4 Å². The second-order valence-electron chi connectivity index (χ2n) is 6.51. The monoisotopic (exact) mass is 321 g/mol. The molecular formula is C15H23N5OS.